The SMILES string of the molecule is COc1ccc2[nH]c3c(c2c1)CCN1C(=O)N(c2ccc(F)cc2)C(=O)C31C. The zero-order valence-corrected chi connectivity index (χ0v) is 15.5. The van der Waals surface area contributed by atoms with E-state index in [4.69, 9.17) is 4.74 Å². The van der Waals surface area contributed by atoms with Gasteiger partial charge in [0.1, 0.15) is 11.6 Å². The number of nitrogens with one attached hydrogen (secondary N) is 1. The number of anilines is 1. The number of ether oxygens (including phenoxy) is 1. The third-order valence-corrected chi connectivity index (χ3v) is 5.85. The van der Waals surface area contributed by atoms with Crippen molar-refractivity contribution >= 4 is 28.5 Å². The number of aromatic nitrogens is 1. The molecule has 2 aromatic carbocycles. The molecule has 2 aliphatic rings. The summed E-state index contributed by atoms with van der Waals surface area (Å²) in [4.78, 5) is 32.6. The number of urea groups is 1. The molecule has 142 valence electrons. The lowest BCUT2D eigenvalue weighted by atomic mass is 9.87. The van der Waals surface area contributed by atoms with E-state index in [0.717, 1.165) is 32.8 Å². The number of nitrogens with zero attached hydrogens (tertiary/aromatic N) is 2. The summed E-state index contributed by atoms with van der Waals surface area (Å²) < 4.78 is 18.6. The van der Waals surface area contributed by atoms with Gasteiger partial charge < -0.3 is 14.6 Å². The molecule has 3 heterocycles. The van der Waals surface area contributed by atoms with Crippen LogP contribution in [0.4, 0.5) is 14.9 Å². The topological polar surface area (TPSA) is 65.6 Å². The van der Waals surface area contributed by atoms with Crippen LogP contribution in [0.1, 0.15) is 18.2 Å². The standard InChI is InChI=1S/C21H18FN3O3/c1-21-18-15(16-11-14(28-2)7-8-17(16)23-18)9-10-24(21)20(27)25(19(21)26)13-5-3-12(22)4-6-13/h3-8,11,23H,9-10H2,1-2H3. The van der Waals surface area contributed by atoms with E-state index >= 15 is 0 Å². The van der Waals surface area contributed by atoms with Crippen LogP contribution in [0.25, 0.3) is 10.9 Å². The Morgan fingerprint density at radius 2 is 1.89 bits per heavy atom. The second-order valence-corrected chi connectivity index (χ2v) is 7.26. The molecule has 0 saturated carbocycles. The Kier molecular flexibility index (Phi) is 3.34. The number of amides is 3. The minimum absolute atomic E-state index is 0.344. The summed E-state index contributed by atoms with van der Waals surface area (Å²) in [6, 6.07) is 10.7. The third-order valence-electron chi connectivity index (χ3n) is 5.85. The minimum atomic E-state index is -1.13. The molecule has 1 N–H and O–H groups in total. The van der Waals surface area contributed by atoms with E-state index in [1.54, 1.807) is 18.9 Å². The summed E-state index contributed by atoms with van der Waals surface area (Å²) in [6.07, 6.45) is 0.633. The Bertz CT molecular complexity index is 1140. The second-order valence-electron chi connectivity index (χ2n) is 7.26. The first-order valence-electron chi connectivity index (χ1n) is 9.06. The predicted octanol–water partition coefficient (Wildman–Crippen LogP) is 3.56. The van der Waals surface area contributed by atoms with Crippen molar-refractivity contribution in [3.63, 3.8) is 0 Å². The van der Waals surface area contributed by atoms with Crippen LogP contribution in [0, 0.1) is 5.82 Å². The zero-order chi connectivity index (χ0) is 19.6. The molecular formula is C21H18FN3O3. The predicted molar refractivity (Wildman–Crippen MR) is 102 cm³/mol. The Labute approximate surface area is 160 Å². The fourth-order valence-electron chi connectivity index (χ4n) is 4.36. The molecule has 0 spiro atoms. The number of rotatable bonds is 2. The van der Waals surface area contributed by atoms with Crippen molar-refractivity contribution in [3.8, 4) is 5.75 Å². The van der Waals surface area contributed by atoms with Crippen LogP contribution in [0.3, 0.4) is 0 Å². The van der Waals surface area contributed by atoms with E-state index in [2.05, 4.69) is 4.98 Å². The van der Waals surface area contributed by atoms with Gasteiger partial charge in [-0.1, -0.05) is 0 Å². The molecule has 0 aliphatic carbocycles. The van der Waals surface area contributed by atoms with Crippen molar-refractivity contribution < 1.29 is 18.7 Å². The lowest BCUT2D eigenvalue weighted by molar-refractivity contribution is -0.125. The largest absolute Gasteiger partial charge is 0.497 e. The van der Waals surface area contributed by atoms with Crippen LogP contribution < -0.4 is 9.64 Å². The molecule has 7 heteroatoms. The number of carbonyl (C=O) groups is 2. The van der Waals surface area contributed by atoms with E-state index in [0.29, 0.717) is 18.7 Å². The van der Waals surface area contributed by atoms with Crippen molar-refractivity contribution in [1.82, 2.24) is 9.88 Å². The molecule has 1 fully saturated rings. The van der Waals surface area contributed by atoms with Crippen molar-refractivity contribution in [2.24, 2.45) is 0 Å². The molecule has 3 aromatic rings. The van der Waals surface area contributed by atoms with Gasteiger partial charge in [0.25, 0.3) is 5.91 Å². The second kappa shape index (κ2) is 5.58. The van der Waals surface area contributed by atoms with Gasteiger partial charge in [0, 0.05) is 17.4 Å². The van der Waals surface area contributed by atoms with E-state index in [1.165, 1.54) is 24.3 Å². The maximum absolute atomic E-state index is 13.4. The highest BCUT2D eigenvalue weighted by atomic mass is 19.1. The monoisotopic (exact) mass is 379 g/mol. The van der Waals surface area contributed by atoms with Gasteiger partial charge in [-0.25, -0.2) is 14.1 Å². The molecule has 2 aliphatic heterocycles. The normalized spacial score (nSPS) is 21.2. The van der Waals surface area contributed by atoms with Gasteiger partial charge in [0.05, 0.1) is 18.5 Å². The van der Waals surface area contributed by atoms with Crippen molar-refractivity contribution in [1.29, 1.82) is 0 Å². The fourth-order valence-corrected chi connectivity index (χ4v) is 4.36. The molecule has 1 atom stereocenters. The molecule has 6 nitrogen and oxygen atoms in total. The summed E-state index contributed by atoms with van der Waals surface area (Å²) in [7, 11) is 1.61. The number of carbonyl (C=O) groups excluding carboxylic acids is 2. The number of hydrogen-bond acceptors (Lipinski definition) is 3. The minimum Gasteiger partial charge on any atom is -0.497 e. The highest BCUT2D eigenvalue weighted by molar-refractivity contribution is 6.23. The van der Waals surface area contributed by atoms with E-state index in [1.807, 2.05) is 18.2 Å². The molecular weight excluding hydrogens is 361 g/mol. The molecule has 1 saturated heterocycles. The van der Waals surface area contributed by atoms with Gasteiger partial charge >= 0.3 is 6.03 Å². The van der Waals surface area contributed by atoms with E-state index < -0.39 is 11.4 Å². The Hall–Kier alpha value is -3.35. The number of methoxy groups -OCH3 is 1. The van der Waals surface area contributed by atoms with Gasteiger partial charge in [-0.3, -0.25) is 4.79 Å². The highest BCUT2D eigenvalue weighted by Crippen LogP contribution is 2.45. The van der Waals surface area contributed by atoms with Crippen LogP contribution >= 0.6 is 0 Å². The van der Waals surface area contributed by atoms with Crippen molar-refractivity contribution in [2.45, 2.75) is 18.9 Å². The fraction of sp³-hybridized carbons (Fsp3) is 0.238. The number of imide groups is 1. The summed E-state index contributed by atoms with van der Waals surface area (Å²) in [5, 5.41) is 0.996. The summed E-state index contributed by atoms with van der Waals surface area (Å²) >= 11 is 0. The molecule has 28 heavy (non-hydrogen) atoms. The van der Waals surface area contributed by atoms with Crippen LogP contribution in [0.5, 0.6) is 5.75 Å². The average Bonchev–Trinajstić information content (AvgIpc) is 3.17. The van der Waals surface area contributed by atoms with Crippen molar-refractivity contribution in [2.75, 3.05) is 18.6 Å². The third kappa shape index (κ3) is 2.01. The van der Waals surface area contributed by atoms with Gasteiger partial charge in [-0.15, -0.1) is 0 Å². The first-order valence-corrected chi connectivity index (χ1v) is 9.06. The average molecular weight is 379 g/mol. The lowest BCUT2D eigenvalue weighted by Crippen LogP contribution is -2.49. The number of aromatic amines is 1. The van der Waals surface area contributed by atoms with Crippen molar-refractivity contribution in [3.05, 3.63) is 59.5 Å². The quantitative estimate of drug-likeness (QED) is 0.693. The highest BCUT2D eigenvalue weighted by Gasteiger charge is 2.59. The first kappa shape index (κ1) is 16.8. The van der Waals surface area contributed by atoms with Crippen LogP contribution in [0.15, 0.2) is 42.5 Å². The Morgan fingerprint density at radius 1 is 1.14 bits per heavy atom. The van der Waals surface area contributed by atoms with Gasteiger partial charge in [0.2, 0.25) is 0 Å². The van der Waals surface area contributed by atoms with Crippen LogP contribution in [-0.4, -0.2) is 35.5 Å². The van der Waals surface area contributed by atoms with Crippen LogP contribution in [-0.2, 0) is 16.8 Å². The van der Waals surface area contributed by atoms with Gasteiger partial charge in [-0.05, 0) is 61.4 Å². The molecule has 0 radical (unpaired) electrons. The number of benzene rings is 2. The summed E-state index contributed by atoms with van der Waals surface area (Å²) in [6.45, 7) is 2.19. The Morgan fingerprint density at radius 3 is 2.61 bits per heavy atom. The summed E-state index contributed by atoms with van der Waals surface area (Å²) in [5.41, 5.74) is 1.88. The molecule has 0 bridgehead atoms. The zero-order valence-electron chi connectivity index (χ0n) is 15.5. The molecule has 5 rings (SSSR count). The van der Waals surface area contributed by atoms with Gasteiger partial charge in [-0.2, -0.15) is 0 Å². The first-order chi connectivity index (χ1) is 13.4. The molecule has 1 unspecified atom stereocenters. The lowest BCUT2D eigenvalue weighted by Gasteiger charge is -2.35. The number of H-pyrrole nitrogens is 1. The van der Waals surface area contributed by atoms with E-state index in [-0.39, 0.29) is 11.9 Å². The number of halogens is 1. The molecule has 1 aromatic heterocycles. The number of fused-ring (bicyclic) bond motifs is 5. The summed E-state index contributed by atoms with van der Waals surface area (Å²) in [5.74, 6) is -0.0224. The molecule has 3 amide bonds. The van der Waals surface area contributed by atoms with Crippen LogP contribution in [0.2, 0.25) is 0 Å². The smallest absolute Gasteiger partial charge is 0.332 e. The van der Waals surface area contributed by atoms with Gasteiger partial charge in [0.15, 0.2) is 5.54 Å². The maximum atomic E-state index is 13.4. The Balaban J connectivity index is 1.67. The maximum Gasteiger partial charge on any atom is 0.332 e. The van der Waals surface area contributed by atoms with E-state index in [9.17, 15) is 14.0 Å². The number of hydrogen-bond donors (Lipinski definition) is 1.